The van der Waals surface area contributed by atoms with Crippen LogP contribution in [0.25, 0.3) is 23.3 Å². The van der Waals surface area contributed by atoms with E-state index in [4.69, 9.17) is 5.11 Å². The van der Waals surface area contributed by atoms with Crippen LogP contribution in [-0.2, 0) is 11.2 Å². The number of carboxylic acid groups (broad SMARTS) is 1. The number of carbonyl (C=O) groups is 1. The maximum Gasteiger partial charge on any atom is 0.328 e. The van der Waals surface area contributed by atoms with Crippen molar-refractivity contribution in [3.05, 3.63) is 118 Å². The molecule has 0 saturated carbocycles. The molecule has 0 heterocycles. The van der Waals surface area contributed by atoms with Gasteiger partial charge in [-0.2, -0.15) is 5.26 Å². The standard InChI is InChI=1S/C29H23NO2/c1-2-26(27-10-6-5-9-24(27)19-30)29(25-17-22-7-3-4-8-23(22)18-25)21-14-11-20(12-15-21)13-16-28(31)32/h3-17H,2,18H2,1H3,(H,31,32)/b16-13+,29-26+. The van der Waals surface area contributed by atoms with Crippen molar-refractivity contribution in [3.63, 3.8) is 0 Å². The molecule has 4 rings (SSSR count). The van der Waals surface area contributed by atoms with Crippen molar-refractivity contribution >= 4 is 29.3 Å². The number of hydrogen-bond donors (Lipinski definition) is 1. The Balaban J connectivity index is 1.89. The van der Waals surface area contributed by atoms with E-state index in [2.05, 4.69) is 43.3 Å². The van der Waals surface area contributed by atoms with E-state index in [0.29, 0.717) is 5.56 Å². The number of aliphatic carboxylic acids is 1. The van der Waals surface area contributed by atoms with Gasteiger partial charge in [-0.25, -0.2) is 4.79 Å². The maximum absolute atomic E-state index is 10.8. The number of hydrogen-bond acceptors (Lipinski definition) is 2. The van der Waals surface area contributed by atoms with Gasteiger partial charge in [-0.05, 0) is 69.5 Å². The summed E-state index contributed by atoms with van der Waals surface area (Å²) in [4.78, 5) is 10.8. The van der Waals surface area contributed by atoms with Crippen LogP contribution in [0.15, 0.2) is 84.4 Å². The molecule has 32 heavy (non-hydrogen) atoms. The smallest absolute Gasteiger partial charge is 0.328 e. The monoisotopic (exact) mass is 417 g/mol. The number of allylic oxidation sites excluding steroid dienone is 3. The van der Waals surface area contributed by atoms with Gasteiger partial charge in [-0.1, -0.05) is 79.7 Å². The van der Waals surface area contributed by atoms with Crippen molar-refractivity contribution in [2.45, 2.75) is 19.8 Å². The summed E-state index contributed by atoms with van der Waals surface area (Å²) in [5, 5.41) is 18.6. The van der Waals surface area contributed by atoms with Gasteiger partial charge in [0.05, 0.1) is 11.6 Å². The second kappa shape index (κ2) is 9.32. The summed E-state index contributed by atoms with van der Waals surface area (Å²) < 4.78 is 0. The van der Waals surface area contributed by atoms with Crippen molar-refractivity contribution < 1.29 is 9.90 Å². The minimum atomic E-state index is -0.968. The van der Waals surface area contributed by atoms with Gasteiger partial charge in [0, 0.05) is 6.08 Å². The van der Waals surface area contributed by atoms with E-state index >= 15 is 0 Å². The molecule has 0 radical (unpaired) electrons. The Morgan fingerprint density at radius 2 is 1.75 bits per heavy atom. The van der Waals surface area contributed by atoms with Crippen molar-refractivity contribution in [2.24, 2.45) is 0 Å². The Bertz CT molecular complexity index is 1300. The zero-order chi connectivity index (χ0) is 22.5. The predicted molar refractivity (Wildman–Crippen MR) is 129 cm³/mol. The Labute approximate surface area is 188 Å². The van der Waals surface area contributed by atoms with Gasteiger partial charge in [0.25, 0.3) is 0 Å². The Hall–Kier alpha value is -4.16. The molecule has 0 unspecified atom stereocenters. The molecule has 0 bridgehead atoms. The molecule has 1 N–H and O–H groups in total. The summed E-state index contributed by atoms with van der Waals surface area (Å²) in [6, 6.07) is 26.4. The summed E-state index contributed by atoms with van der Waals surface area (Å²) in [6.45, 7) is 2.12. The minimum absolute atomic E-state index is 0.666. The van der Waals surface area contributed by atoms with E-state index in [-0.39, 0.29) is 0 Å². The highest BCUT2D eigenvalue weighted by Crippen LogP contribution is 2.40. The molecule has 1 aliphatic rings. The first kappa shape index (κ1) is 21.1. The third-order valence-electron chi connectivity index (χ3n) is 5.73. The fourth-order valence-corrected chi connectivity index (χ4v) is 4.27. The van der Waals surface area contributed by atoms with Crippen LogP contribution in [-0.4, -0.2) is 11.1 Å². The van der Waals surface area contributed by atoms with E-state index in [9.17, 15) is 10.1 Å². The molecule has 0 aromatic heterocycles. The van der Waals surface area contributed by atoms with Crippen LogP contribution in [0.4, 0.5) is 0 Å². The first-order chi connectivity index (χ1) is 15.6. The molecule has 0 aliphatic heterocycles. The van der Waals surface area contributed by atoms with E-state index in [0.717, 1.165) is 46.8 Å². The number of fused-ring (bicyclic) bond motifs is 1. The Kier molecular flexibility index (Phi) is 6.14. The maximum atomic E-state index is 10.8. The van der Waals surface area contributed by atoms with Crippen molar-refractivity contribution in [1.29, 1.82) is 5.26 Å². The highest BCUT2D eigenvalue weighted by Gasteiger charge is 2.21. The molecule has 3 heteroatoms. The van der Waals surface area contributed by atoms with Crippen LogP contribution >= 0.6 is 0 Å². The molecule has 0 saturated heterocycles. The lowest BCUT2D eigenvalue weighted by Crippen LogP contribution is -1.99. The summed E-state index contributed by atoms with van der Waals surface area (Å²) >= 11 is 0. The van der Waals surface area contributed by atoms with Crippen LogP contribution in [0.1, 0.15) is 46.7 Å². The zero-order valence-electron chi connectivity index (χ0n) is 17.9. The van der Waals surface area contributed by atoms with Gasteiger partial charge >= 0.3 is 5.97 Å². The Morgan fingerprint density at radius 3 is 2.44 bits per heavy atom. The van der Waals surface area contributed by atoms with E-state index in [1.54, 1.807) is 6.08 Å². The van der Waals surface area contributed by atoms with Gasteiger partial charge < -0.3 is 5.11 Å². The first-order valence-corrected chi connectivity index (χ1v) is 10.6. The highest BCUT2D eigenvalue weighted by molar-refractivity contribution is 6.02. The lowest BCUT2D eigenvalue weighted by atomic mass is 9.85. The van der Waals surface area contributed by atoms with E-state index in [1.165, 1.54) is 16.7 Å². The van der Waals surface area contributed by atoms with Crippen LogP contribution in [0, 0.1) is 11.3 Å². The fraction of sp³-hybridized carbons (Fsp3) is 0.103. The molecule has 0 atom stereocenters. The van der Waals surface area contributed by atoms with Crippen LogP contribution in [0.5, 0.6) is 0 Å². The summed E-state index contributed by atoms with van der Waals surface area (Å²) in [6.07, 6.45) is 6.59. The average Bonchev–Trinajstić information content (AvgIpc) is 3.25. The lowest BCUT2D eigenvalue weighted by Gasteiger charge is -2.18. The Morgan fingerprint density at radius 1 is 1.03 bits per heavy atom. The van der Waals surface area contributed by atoms with Crippen LogP contribution in [0.3, 0.4) is 0 Å². The second-order valence-corrected chi connectivity index (χ2v) is 7.70. The largest absolute Gasteiger partial charge is 0.478 e. The summed E-state index contributed by atoms with van der Waals surface area (Å²) in [5.41, 5.74) is 9.53. The van der Waals surface area contributed by atoms with Crippen LogP contribution < -0.4 is 0 Å². The van der Waals surface area contributed by atoms with E-state index < -0.39 is 5.97 Å². The number of benzene rings is 3. The topological polar surface area (TPSA) is 61.1 Å². The number of rotatable bonds is 6. The minimum Gasteiger partial charge on any atom is -0.478 e. The average molecular weight is 418 g/mol. The van der Waals surface area contributed by atoms with Gasteiger partial charge in [0.2, 0.25) is 0 Å². The van der Waals surface area contributed by atoms with Crippen molar-refractivity contribution in [2.75, 3.05) is 0 Å². The number of carboxylic acids is 1. The predicted octanol–water partition coefficient (Wildman–Crippen LogP) is 6.62. The fourth-order valence-electron chi connectivity index (χ4n) is 4.27. The molecule has 0 spiro atoms. The van der Waals surface area contributed by atoms with Crippen LogP contribution in [0.2, 0.25) is 0 Å². The molecule has 3 aromatic carbocycles. The van der Waals surface area contributed by atoms with Crippen molar-refractivity contribution in [3.8, 4) is 6.07 Å². The molecular formula is C29H23NO2. The normalized spacial score (nSPS) is 13.3. The van der Waals surface area contributed by atoms with Crippen molar-refractivity contribution in [1.82, 2.24) is 0 Å². The third kappa shape index (κ3) is 4.31. The molecule has 0 amide bonds. The van der Waals surface area contributed by atoms with E-state index in [1.807, 2.05) is 48.5 Å². The van der Waals surface area contributed by atoms with Gasteiger partial charge in [0.15, 0.2) is 0 Å². The SMILES string of the molecule is CC/C(=C(\C1=Cc2ccccc2C1)c1ccc(/C=C/C(=O)O)cc1)c1ccccc1C#N. The lowest BCUT2D eigenvalue weighted by molar-refractivity contribution is -0.131. The number of nitriles is 1. The van der Waals surface area contributed by atoms with Gasteiger partial charge in [0.1, 0.15) is 0 Å². The molecule has 1 aliphatic carbocycles. The molecule has 156 valence electrons. The quantitative estimate of drug-likeness (QED) is 0.362. The first-order valence-electron chi connectivity index (χ1n) is 10.6. The van der Waals surface area contributed by atoms with Gasteiger partial charge in [-0.15, -0.1) is 0 Å². The molecular weight excluding hydrogens is 394 g/mol. The molecule has 3 aromatic rings. The zero-order valence-corrected chi connectivity index (χ0v) is 17.9. The molecule has 0 fully saturated rings. The highest BCUT2D eigenvalue weighted by atomic mass is 16.4. The summed E-state index contributed by atoms with van der Waals surface area (Å²) in [7, 11) is 0. The van der Waals surface area contributed by atoms with Gasteiger partial charge in [-0.3, -0.25) is 0 Å². The summed E-state index contributed by atoms with van der Waals surface area (Å²) in [5.74, 6) is -0.968. The third-order valence-corrected chi connectivity index (χ3v) is 5.73. The number of nitrogens with zero attached hydrogens (tertiary/aromatic N) is 1. The second-order valence-electron chi connectivity index (χ2n) is 7.70. The molecule has 3 nitrogen and oxygen atoms in total.